The third-order valence-electron chi connectivity index (χ3n) is 4.54. The van der Waals surface area contributed by atoms with E-state index in [0.717, 1.165) is 25.7 Å². The van der Waals surface area contributed by atoms with Gasteiger partial charge in [0.15, 0.2) is 23.1 Å². The summed E-state index contributed by atoms with van der Waals surface area (Å²) in [6.07, 6.45) is 6.60. The van der Waals surface area contributed by atoms with Crippen LogP contribution in [0.2, 0.25) is 0 Å². The lowest BCUT2D eigenvalue weighted by atomic mass is 9.91. The van der Waals surface area contributed by atoms with Gasteiger partial charge in [0, 0.05) is 23.6 Å². The van der Waals surface area contributed by atoms with Crippen LogP contribution in [0.5, 0.6) is 11.5 Å². The van der Waals surface area contributed by atoms with Crippen molar-refractivity contribution in [3.8, 4) is 11.5 Å². The highest BCUT2D eigenvalue weighted by Gasteiger charge is 2.23. The van der Waals surface area contributed by atoms with Crippen molar-refractivity contribution in [2.45, 2.75) is 37.8 Å². The maximum atomic E-state index is 13.4. The molecule has 0 heterocycles. The summed E-state index contributed by atoms with van der Waals surface area (Å²) in [7, 11) is 0. The van der Waals surface area contributed by atoms with Crippen LogP contribution in [0.4, 0.5) is 8.78 Å². The molecule has 136 valence electrons. The molecular formula is C20H20F2N2O2. The van der Waals surface area contributed by atoms with E-state index in [2.05, 4.69) is 9.98 Å². The van der Waals surface area contributed by atoms with Gasteiger partial charge in [-0.25, -0.2) is 8.78 Å². The van der Waals surface area contributed by atoms with Crippen molar-refractivity contribution in [1.82, 2.24) is 0 Å². The summed E-state index contributed by atoms with van der Waals surface area (Å²) in [4.78, 5) is 8.97. The molecular weight excluding hydrogens is 338 g/mol. The second kappa shape index (κ2) is 8.08. The minimum absolute atomic E-state index is 0.113. The topological polar surface area (TPSA) is 65.2 Å². The van der Waals surface area contributed by atoms with Crippen molar-refractivity contribution in [1.29, 1.82) is 0 Å². The van der Waals surface area contributed by atoms with Crippen LogP contribution in [-0.4, -0.2) is 34.7 Å². The number of rotatable bonds is 4. The van der Waals surface area contributed by atoms with Crippen LogP contribution in [-0.2, 0) is 0 Å². The third kappa shape index (κ3) is 4.07. The number of benzene rings is 2. The molecule has 0 amide bonds. The molecule has 0 radical (unpaired) electrons. The minimum Gasteiger partial charge on any atom is -0.504 e. The monoisotopic (exact) mass is 358 g/mol. The summed E-state index contributed by atoms with van der Waals surface area (Å²) in [6.45, 7) is 0. The molecule has 2 N–H and O–H groups in total. The van der Waals surface area contributed by atoms with Crippen molar-refractivity contribution in [3.63, 3.8) is 0 Å². The van der Waals surface area contributed by atoms with Crippen LogP contribution in [0.25, 0.3) is 0 Å². The molecule has 2 aromatic rings. The standard InChI is InChI=1S/C20H20F2N2O2/c21-15-7-3-5-13(19(15)25)11-23-17-9-1-2-10-18(17)24-12-14-6-4-8-16(22)20(14)26/h3-8,11-12,17-18,25-26H,1-2,9-10H2/t17-,18-/m0/s1. The van der Waals surface area contributed by atoms with Crippen molar-refractivity contribution in [2.75, 3.05) is 0 Å². The van der Waals surface area contributed by atoms with Crippen molar-refractivity contribution < 1.29 is 19.0 Å². The fraction of sp³-hybridized carbons (Fsp3) is 0.300. The number of halogens is 2. The molecule has 26 heavy (non-hydrogen) atoms. The van der Waals surface area contributed by atoms with Gasteiger partial charge in [0.1, 0.15) is 0 Å². The largest absolute Gasteiger partial charge is 0.504 e. The quantitative estimate of drug-likeness (QED) is 0.804. The first-order chi connectivity index (χ1) is 12.6. The number of para-hydroxylation sites is 2. The zero-order valence-electron chi connectivity index (χ0n) is 14.1. The summed E-state index contributed by atoms with van der Waals surface area (Å²) in [6, 6.07) is 8.36. The maximum Gasteiger partial charge on any atom is 0.165 e. The van der Waals surface area contributed by atoms with Crippen LogP contribution >= 0.6 is 0 Å². The minimum atomic E-state index is -0.686. The van der Waals surface area contributed by atoms with E-state index >= 15 is 0 Å². The number of aliphatic imine (C=N–C) groups is 2. The average Bonchev–Trinajstić information content (AvgIpc) is 2.65. The summed E-state index contributed by atoms with van der Waals surface area (Å²) in [5.74, 6) is -2.21. The number of hydrogen-bond donors (Lipinski definition) is 2. The Morgan fingerprint density at radius 2 is 1.19 bits per heavy atom. The van der Waals surface area contributed by atoms with Crippen LogP contribution in [0.1, 0.15) is 36.8 Å². The number of aromatic hydroxyl groups is 2. The second-order valence-electron chi connectivity index (χ2n) is 6.33. The van der Waals surface area contributed by atoms with Gasteiger partial charge in [-0.2, -0.15) is 0 Å². The molecule has 1 aliphatic carbocycles. The van der Waals surface area contributed by atoms with Crippen LogP contribution in [0, 0.1) is 11.6 Å². The molecule has 0 aromatic heterocycles. The Hall–Kier alpha value is -2.76. The molecule has 0 spiro atoms. The molecule has 2 aromatic carbocycles. The first kappa shape index (κ1) is 18.0. The molecule has 0 aliphatic heterocycles. The molecule has 2 atom stereocenters. The van der Waals surface area contributed by atoms with Crippen LogP contribution in [0.15, 0.2) is 46.4 Å². The molecule has 6 heteroatoms. The van der Waals surface area contributed by atoms with Crippen molar-refractivity contribution in [3.05, 3.63) is 59.2 Å². The average molecular weight is 358 g/mol. The molecule has 0 unspecified atom stereocenters. The molecule has 1 saturated carbocycles. The van der Waals surface area contributed by atoms with Gasteiger partial charge in [0.25, 0.3) is 0 Å². The predicted octanol–water partition coefficient (Wildman–Crippen LogP) is 4.23. The van der Waals surface area contributed by atoms with Gasteiger partial charge >= 0.3 is 0 Å². The third-order valence-corrected chi connectivity index (χ3v) is 4.54. The Balaban J connectivity index is 1.77. The molecule has 3 rings (SSSR count). The van der Waals surface area contributed by atoms with Crippen LogP contribution in [0.3, 0.4) is 0 Å². The van der Waals surface area contributed by atoms with Gasteiger partial charge in [0.2, 0.25) is 0 Å². The van der Waals surface area contributed by atoms with E-state index < -0.39 is 23.1 Å². The van der Waals surface area contributed by atoms with Gasteiger partial charge in [-0.15, -0.1) is 0 Å². The van der Waals surface area contributed by atoms with E-state index in [9.17, 15) is 19.0 Å². The normalized spacial score (nSPS) is 20.8. The van der Waals surface area contributed by atoms with Gasteiger partial charge in [-0.3, -0.25) is 9.98 Å². The van der Waals surface area contributed by atoms with Crippen LogP contribution < -0.4 is 0 Å². The Morgan fingerprint density at radius 1 is 0.769 bits per heavy atom. The zero-order chi connectivity index (χ0) is 18.5. The van der Waals surface area contributed by atoms with Gasteiger partial charge < -0.3 is 10.2 Å². The van der Waals surface area contributed by atoms with E-state index in [1.807, 2.05) is 0 Å². The first-order valence-electron chi connectivity index (χ1n) is 8.57. The van der Waals surface area contributed by atoms with Gasteiger partial charge in [0.05, 0.1) is 12.1 Å². The highest BCUT2D eigenvalue weighted by molar-refractivity contribution is 5.84. The summed E-state index contributed by atoms with van der Waals surface area (Å²) >= 11 is 0. The van der Waals surface area contributed by atoms with Crippen molar-refractivity contribution >= 4 is 12.4 Å². The van der Waals surface area contributed by atoms with E-state index in [-0.39, 0.29) is 12.1 Å². The number of hydrogen-bond acceptors (Lipinski definition) is 4. The molecule has 0 bridgehead atoms. The highest BCUT2D eigenvalue weighted by atomic mass is 19.1. The smallest absolute Gasteiger partial charge is 0.165 e. The van der Waals surface area contributed by atoms with Gasteiger partial charge in [-0.05, 0) is 37.1 Å². The Bertz CT molecular complexity index is 767. The molecule has 1 aliphatic rings. The Kier molecular flexibility index (Phi) is 5.61. The fourth-order valence-corrected chi connectivity index (χ4v) is 3.06. The SMILES string of the molecule is Oc1c(F)cccc1C=N[C@H]1CCCC[C@@H]1N=Cc1cccc(F)c1O. The maximum absolute atomic E-state index is 13.4. The van der Waals surface area contributed by atoms with Crippen molar-refractivity contribution in [2.24, 2.45) is 9.98 Å². The highest BCUT2D eigenvalue weighted by Crippen LogP contribution is 2.26. The van der Waals surface area contributed by atoms with E-state index in [1.54, 1.807) is 12.1 Å². The summed E-state index contributed by atoms with van der Waals surface area (Å²) in [5.41, 5.74) is 0.641. The first-order valence-corrected chi connectivity index (χ1v) is 8.57. The second-order valence-corrected chi connectivity index (χ2v) is 6.33. The zero-order valence-corrected chi connectivity index (χ0v) is 14.1. The Labute approximate surface area is 150 Å². The number of phenolic OH excluding ortho intramolecular Hbond substituents is 2. The molecule has 0 saturated heterocycles. The summed E-state index contributed by atoms with van der Waals surface area (Å²) in [5, 5.41) is 19.5. The predicted molar refractivity (Wildman–Crippen MR) is 97.4 cm³/mol. The molecule has 4 nitrogen and oxygen atoms in total. The molecule has 1 fully saturated rings. The summed E-state index contributed by atoms with van der Waals surface area (Å²) < 4.78 is 26.8. The number of nitrogens with zero attached hydrogens (tertiary/aromatic N) is 2. The van der Waals surface area contributed by atoms with Gasteiger partial charge in [-0.1, -0.05) is 25.0 Å². The Morgan fingerprint density at radius 3 is 1.62 bits per heavy atom. The van der Waals surface area contributed by atoms with E-state index in [1.165, 1.54) is 36.7 Å². The fourth-order valence-electron chi connectivity index (χ4n) is 3.06. The lowest BCUT2D eigenvalue weighted by molar-refractivity contribution is 0.389. The van der Waals surface area contributed by atoms with E-state index in [4.69, 9.17) is 0 Å². The lowest BCUT2D eigenvalue weighted by Crippen LogP contribution is -2.27. The number of phenols is 2. The lowest BCUT2D eigenvalue weighted by Gasteiger charge is -2.25. The van der Waals surface area contributed by atoms with E-state index in [0.29, 0.717) is 11.1 Å².